The van der Waals surface area contributed by atoms with E-state index in [1.54, 1.807) is 31.4 Å². The molecule has 1 N–H and O–H groups in total. The molecule has 2 aromatic heterocycles. The number of hydrogen-bond acceptors (Lipinski definition) is 4. The van der Waals surface area contributed by atoms with E-state index >= 15 is 0 Å². The van der Waals surface area contributed by atoms with Crippen molar-refractivity contribution in [1.82, 2.24) is 9.27 Å². The van der Waals surface area contributed by atoms with Crippen molar-refractivity contribution in [2.75, 3.05) is 0 Å². The quantitative estimate of drug-likeness (QED) is 0.805. The Balaban J connectivity index is 1.79. The molecule has 0 aliphatic rings. The molecule has 1 aromatic carbocycles. The third kappa shape index (κ3) is 2.62. The highest BCUT2D eigenvalue weighted by Crippen LogP contribution is 2.19. The maximum Gasteiger partial charge on any atom is 0.269 e. The molecule has 0 aliphatic carbocycles. The number of hydrogen-bond donors (Lipinski definition) is 1. The van der Waals surface area contributed by atoms with Crippen LogP contribution in [0.15, 0.2) is 51.9 Å². The van der Waals surface area contributed by atoms with Gasteiger partial charge in [0, 0.05) is 0 Å². The second kappa shape index (κ2) is 5.57. The normalized spacial score (nSPS) is 12.4. The number of furan rings is 1. The van der Waals surface area contributed by atoms with E-state index in [9.17, 15) is 9.59 Å². The fourth-order valence-corrected chi connectivity index (χ4v) is 3.13. The van der Waals surface area contributed by atoms with Crippen LogP contribution in [-0.2, 0) is 11.3 Å². The topological polar surface area (TPSA) is 64.2 Å². The lowest BCUT2D eigenvalue weighted by molar-refractivity contribution is -0.123. The summed E-state index contributed by atoms with van der Waals surface area (Å²) in [5.74, 6) is 0.472. The van der Waals surface area contributed by atoms with Gasteiger partial charge < -0.3 is 9.73 Å². The smallest absolute Gasteiger partial charge is 0.269 e. The average molecular weight is 302 g/mol. The molecule has 0 saturated heterocycles. The SMILES string of the molecule is CC(C(=O)NCc1ccco1)n1sc2ccccc2c1=O. The van der Waals surface area contributed by atoms with Gasteiger partial charge in [0.05, 0.1) is 22.9 Å². The van der Waals surface area contributed by atoms with Gasteiger partial charge in [0.15, 0.2) is 0 Å². The highest BCUT2D eigenvalue weighted by Gasteiger charge is 2.19. The number of nitrogens with zero attached hydrogens (tertiary/aromatic N) is 1. The van der Waals surface area contributed by atoms with Crippen molar-refractivity contribution in [2.24, 2.45) is 0 Å². The summed E-state index contributed by atoms with van der Waals surface area (Å²) in [6, 6.07) is 10.4. The van der Waals surface area contributed by atoms with Crippen LogP contribution in [0.1, 0.15) is 18.7 Å². The number of amides is 1. The Kier molecular flexibility index (Phi) is 3.62. The highest BCUT2D eigenvalue weighted by molar-refractivity contribution is 7.13. The van der Waals surface area contributed by atoms with Gasteiger partial charge in [0.1, 0.15) is 11.8 Å². The van der Waals surface area contributed by atoms with Gasteiger partial charge in [-0.05, 0) is 31.2 Å². The monoisotopic (exact) mass is 302 g/mol. The molecule has 0 aliphatic heterocycles. The van der Waals surface area contributed by atoms with Gasteiger partial charge in [0.2, 0.25) is 5.91 Å². The first-order chi connectivity index (χ1) is 10.2. The third-order valence-electron chi connectivity index (χ3n) is 3.26. The van der Waals surface area contributed by atoms with Crippen LogP contribution in [0.5, 0.6) is 0 Å². The van der Waals surface area contributed by atoms with Crippen LogP contribution in [0.4, 0.5) is 0 Å². The van der Waals surface area contributed by atoms with Gasteiger partial charge in [-0.15, -0.1) is 0 Å². The third-order valence-corrected chi connectivity index (χ3v) is 4.49. The maximum absolute atomic E-state index is 12.3. The lowest BCUT2D eigenvalue weighted by Crippen LogP contribution is -2.33. The van der Waals surface area contributed by atoms with Crippen LogP contribution in [0.25, 0.3) is 10.1 Å². The van der Waals surface area contributed by atoms with E-state index in [1.165, 1.54) is 15.5 Å². The Bertz CT molecular complexity index is 817. The fraction of sp³-hybridized carbons (Fsp3) is 0.200. The minimum absolute atomic E-state index is 0.128. The van der Waals surface area contributed by atoms with E-state index < -0.39 is 6.04 Å². The molecule has 0 fully saturated rings. The zero-order chi connectivity index (χ0) is 14.8. The highest BCUT2D eigenvalue weighted by atomic mass is 32.1. The van der Waals surface area contributed by atoms with Crippen LogP contribution in [0.3, 0.4) is 0 Å². The molecule has 5 nitrogen and oxygen atoms in total. The average Bonchev–Trinajstić information content (AvgIpc) is 3.13. The number of carbonyl (C=O) groups is 1. The van der Waals surface area contributed by atoms with Gasteiger partial charge >= 0.3 is 0 Å². The van der Waals surface area contributed by atoms with E-state index in [2.05, 4.69) is 5.32 Å². The van der Waals surface area contributed by atoms with E-state index in [-0.39, 0.29) is 11.5 Å². The molecule has 21 heavy (non-hydrogen) atoms. The predicted octanol–water partition coefficient (Wildman–Crippen LogP) is 2.53. The molecule has 1 unspecified atom stereocenters. The van der Waals surface area contributed by atoms with Crippen molar-refractivity contribution in [3.8, 4) is 0 Å². The first-order valence-electron chi connectivity index (χ1n) is 6.57. The Hall–Kier alpha value is -2.34. The Morgan fingerprint density at radius 2 is 2.14 bits per heavy atom. The van der Waals surface area contributed by atoms with E-state index in [1.807, 2.05) is 18.2 Å². The minimum atomic E-state index is -0.551. The van der Waals surface area contributed by atoms with Gasteiger partial charge in [-0.1, -0.05) is 23.7 Å². The predicted molar refractivity (Wildman–Crippen MR) is 81.4 cm³/mol. The minimum Gasteiger partial charge on any atom is -0.467 e. The number of aromatic nitrogens is 1. The van der Waals surface area contributed by atoms with Crippen molar-refractivity contribution in [3.63, 3.8) is 0 Å². The van der Waals surface area contributed by atoms with E-state index in [0.29, 0.717) is 17.7 Å². The molecular weight excluding hydrogens is 288 g/mol. The summed E-state index contributed by atoms with van der Waals surface area (Å²) in [4.78, 5) is 24.4. The van der Waals surface area contributed by atoms with Gasteiger partial charge in [0.25, 0.3) is 5.56 Å². The molecular formula is C15H14N2O3S. The van der Waals surface area contributed by atoms with Gasteiger partial charge in [-0.3, -0.25) is 13.5 Å². The zero-order valence-electron chi connectivity index (χ0n) is 11.4. The van der Waals surface area contributed by atoms with E-state index in [0.717, 1.165) is 4.70 Å². The van der Waals surface area contributed by atoms with Gasteiger partial charge in [-0.25, -0.2) is 0 Å². The summed E-state index contributed by atoms with van der Waals surface area (Å²) in [5, 5.41) is 3.42. The first kappa shape index (κ1) is 13.6. The summed E-state index contributed by atoms with van der Waals surface area (Å²) in [6.07, 6.45) is 1.56. The van der Waals surface area contributed by atoms with Crippen molar-refractivity contribution >= 4 is 27.5 Å². The molecule has 3 rings (SSSR count). The van der Waals surface area contributed by atoms with Crippen molar-refractivity contribution in [1.29, 1.82) is 0 Å². The molecule has 6 heteroatoms. The summed E-state index contributed by atoms with van der Waals surface area (Å²) in [5.41, 5.74) is -0.128. The molecule has 3 aromatic rings. The maximum atomic E-state index is 12.3. The second-order valence-electron chi connectivity index (χ2n) is 4.69. The molecule has 1 amide bonds. The fourth-order valence-electron chi connectivity index (χ4n) is 2.09. The Labute approximate surface area is 125 Å². The molecule has 0 radical (unpaired) electrons. The summed E-state index contributed by atoms with van der Waals surface area (Å²) in [7, 11) is 0. The molecule has 108 valence electrons. The van der Waals surface area contributed by atoms with Crippen molar-refractivity contribution in [3.05, 3.63) is 58.8 Å². The van der Waals surface area contributed by atoms with E-state index in [4.69, 9.17) is 4.42 Å². The summed E-state index contributed by atoms with van der Waals surface area (Å²) in [6.45, 7) is 2.03. The largest absolute Gasteiger partial charge is 0.467 e. The standard InChI is InChI=1S/C15H14N2O3S/c1-10(14(18)16-9-11-5-4-8-20-11)17-15(19)12-6-2-3-7-13(12)21-17/h2-8,10H,9H2,1H3,(H,16,18). The van der Waals surface area contributed by atoms with Crippen molar-refractivity contribution in [2.45, 2.75) is 19.5 Å². The number of benzene rings is 1. The van der Waals surface area contributed by atoms with Crippen LogP contribution in [0.2, 0.25) is 0 Å². The number of nitrogens with one attached hydrogen (secondary N) is 1. The first-order valence-corrected chi connectivity index (χ1v) is 7.35. The van der Waals surface area contributed by atoms with Crippen molar-refractivity contribution < 1.29 is 9.21 Å². The van der Waals surface area contributed by atoms with Crippen LogP contribution < -0.4 is 10.9 Å². The van der Waals surface area contributed by atoms with Gasteiger partial charge in [-0.2, -0.15) is 0 Å². The van der Waals surface area contributed by atoms with Crippen LogP contribution >= 0.6 is 11.5 Å². The second-order valence-corrected chi connectivity index (χ2v) is 5.71. The number of carbonyl (C=O) groups excluding carboxylic acids is 1. The number of fused-ring (bicyclic) bond motifs is 1. The Morgan fingerprint density at radius 3 is 2.86 bits per heavy atom. The molecule has 0 saturated carbocycles. The Morgan fingerprint density at radius 1 is 1.33 bits per heavy atom. The lowest BCUT2D eigenvalue weighted by atomic mass is 10.2. The van der Waals surface area contributed by atoms with Crippen LogP contribution in [0, 0.1) is 0 Å². The summed E-state index contributed by atoms with van der Waals surface area (Å²) < 4.78 is 7.55. The molecule has 1 atom stereocenters. The zero-order valence-corrected chi connectivity index (χ0v) is 12.2. The van der Waals surface area contributed by atoms with Crippen LogP contribution in [-0.4, -0.2) is 9.86 Å². The molecule has 2 heterocycles. The lowest BCUT2D eigenvalue weighted by Gasteiger charge is -2.11. The summed E-state index contributed by atoms with van der Waals surface area (Å²) >= 11 is 1.30. The molecule has 0 spiro atoms. The molecule has 0 bridgehead atoms. The number of rotatable bonds is 4.